The van der Waals surface area contributed by atoms with E-state index in [4.69, 9.17) is 0 Å². The standard InChI is InChI=1S/C14H17NO/c1-2-8-14(16)9-10-15(12-14)11-13-6-4-3-5-7-13/h3-7,16H,9-12H2,1H3. The zero-order valence-corrected chi connectivity index (χ0v) is 9.61. The lowest BCUT2D eigenvalue weighted by molar-refractivity contribution is 0.107. The molecule has 1 atom stereocenters. The predicted molar refractivity (Wildman–Crippen MR) is 64.7 cm³/mol. The number of hydrogen-bond acceptors (Lipinski definition) is 2. The molecule has 2 rings (SSSR count). The van der Waals surface area contributed by atoms with Gasteiger partial charge in [-0.15, -0.1) is 5.92 Å². The van der Waals surface area contributed by atoms with Gasteiger partial charge in [0, 0.05) is 26.1 Å². The van der Waals surface area contributed by atoms with Crippen molar-refractivity contribution in [3.05, 3.63) is 35.9 Å². The van der Waals surface area contributed by atoms with E-state index in [0.717, 1.165) is 19.5 Å². The monoisotopic (exact) mass is 215 g/mol. The van der Waals surface area contributed by atoms with Crippen molar-refractivity contribution < 1.29 is 5.11 Å². The van der Waals surface area contributed by atoms with Crippen molar-refractivity contribution in [2.24, 2.45) is 0 Å². The molecule has 1 aromatic carbocycles. The Morgan fingerprint density at radius 3 is 2.81 bits per heavy atom. The maximum Gasteiger partial charge on any atom is 0.139 e. The third-order valence-electron chi connectivity index (χ3n) is 2.93. The molecule has 1 aliphatic rings. The van der Waals surface area contributed by atoms with Crippen molar-refractivity contribution >= 4 is 0 Å². The molecule has 1 saturated heterocycles. The van der Waals surface area contributed by atoms with Crippen LogP contribution in [0.1, 0.15) is 18.9 Å². The third-order valence-corrected chi connectivity index (χ3v) is 2.93. The fourth-order valence-corrected chi connectivity index (χ4v) is 2.18. The van der Waals surface area contributed by atoms with Gasteiger partial charge in [-0.25, -0.2) is 0 Å². The van der Waals surface area contributed by atoms with E-state index in [1.807, 2.05) is 18.2 Å². The molecular weight excluding hydrogens is 198 g/mol. The first-order valence-corrected chi connectivity index (χ1v) is 5.64. The number of aliphatic hydroxyl groups is 1. The number of hydrogen-bond donors (Lipinski definition) is 1. The molecule has 16 heavy (non-hydrogen) atoms. The van der Waals surface area contributed by atoms with E-state index in [9.17, 15) is 5.11 Å². The average molecular weight is 215 g/mol. The van der Waals surface area contributed by atoms with Gasteiger partial charge in [-0.2, -0.15) is 0 Å². The molecule has 1 aromatic rings. The second-order valence-corrected chi connectivity index (χ2v) is 4.35. The van der Waals surface area contributed by atoms with E-state index < -0.39 is 5.60 Å². The molecule has 2 heteroatoms. The highest BCUT2D eigenvalue weighted by Crippen LogP contribution is 2.22. The largest absolute Gasteiger partial charge is 0.376 e. The van der Waals surface area contributed by atoms with Crippen LogP contribution in [0.4, 0.5) is 0 Å². The molecule has 1 unspecified atom stereocenters. The van der Waals surface area contributed by atoms with Crippen LogP contribution in [-0.4, -0.2) is 28.7 Å². The van der Waals surface area contributed by atoms with Crippen LogP contribution in [0.3, 0.4) is 0 Å². The van der Waals surface area contributed by atoms with Gasteiger partial charge in [0.25, 0.3) is 0 Å². The topological polar surface area (TPSA) is 23.5 Å². The second-order valence-electron chi connectivity index (χ2n) is 4.35. The van der Waals surface area contributed by atoms with Crippen LogP contribution in [0.15, 0.2) is 30.3 Å². The van der Waals surface area contributed by atoms with Gasteiger partial charge in [-0.1, -0.05) is 36.3 Å². The fourth-order valence-electron chi connectivity index (χ4n) is 2.18. The minimum absolute atomic E-state index is 0.655. The van der Waals surface area contributed by atoms with E-state index >= 15 is 0 Å². The van der Waals surface area contributed by atoms with E-state index in [1.54, 1.807) is 6.92 Å². The second kappa shape index (κ2) is 4.69. The number of β-amino-alcohol motifs (C(OH)–C–C–N with tert-alkyl or cyclic N) is 1. The predicted octanol–water partition coefficient (Wildman–Crippen LogP) is 1.65. The molecule has 0 radical (unpaired) electrons. The summed E-state index contributed by atoms with van der Waals surface area (Å²) in [6, 6.07) is 10.3. The summed E-state index contributed by atoms with van der Waals surface area (Å²) in [5.74, 6) is 5.71. The van der Waals surface area contributed by atoms with Gasteiger partial charge < -0.3 is 5.11 Å². The van der Waals surface area contributed by atoms with Crippen LogP contribution < -0.4 is 0 Å². The van der Waals surface area contributed by atoms with Crippen LogP contribution >= 0.6 is 0 Å². The molecule has 0 aromatic heterocycles. The lowest BCUT2D eigenvalue weighted by atomic mass is 10.1. The Hall–Kier alpha value is -1.30. The van der Waals surface area contributed by atoms with Gasteiger partial charge in [0.2, 0.25) is 0 Å². The molecule has 0 saturated carbocycles. The molecule has 2 nitrogen and oxygen atoms in total. The molecule has 0 spiro atoms. The summed E-state index contributed by atoms with van der Waals surface area (Å²) < 4.78 is 0. The minimum atomic E-state index is -0.788. The van der Waals surface area contributed by atoms with Crippen LogP contribution in [0.25, 0.3) is 0 Å². The summed E-state index contributed by atoms with van der Waals surface area (Å²) in [5.41, 5.74) is 0.500. The van der Waals surface area contributed by atoms with Crippen molar-refractivity contribution in [2.45, 2.75) is 25.5 Å². The van der Waals surface area contributed by atoms with Crippen molar-refractivity contribution in [1.29, 1.82) is 0 Å². The van der Waals surface area contributed by atoms with Gasteiger partial charge in [0.05, 0.1) is 0 Å². The minimum Gasteiger partial charge on any atom is -0.376 e. The SMILES string of the molecule is CC#CC1(O)CCN(Cc2ccccc2)C1. The van der Waals surface area contributed by atoms with Crippen LogP contribution in [-0.2, 0) is 6.54 Å². The van der Waals surface area contributed by atoms with E-state index in [-0.39, 0.29) is 0 Å². The van der Waals surface area contributed by atoms with Crippen molar-refractivity contribution in [3.63, 3.8) is 0 Å². The Labute approximate surface area is 96.9 Å². The first kappa shape index (κ1) is 11.2. The van der Waals surface area contributed by atoms with Crippen LogP contribution in [0, 0.1) is 11.8 Å². The van der Waals surface area contributed by atoms with Gasteiger partial charge >= 0.3 is 0 Å². The van der Waals surface area contributed by atoms with Crippen LogP contribution in [0.5, 0.6) is 0 Å². The van der Waals surface area contributed by atoms with E-state index in [2.05, 4.69) is 28.9 Å². The first-order valence-electron chi connectivity index (χ1n) is 5.64. The van der Waals surface area contributed by atoms with Gasteiger partial charge in [0.1, 0.15) is 5.60 Å². The lowest BCUT2D eigenvalue weighted by Crippen LogP contribution is -2.31. The molecule has 0 aliphatic carbocycles. The van der Waals surface area contributed by atoms with E-state index in [0.29, 0.717) is 6.54 Å². The van der Waals surface area contributed by atoms with Crippen molar-refractivity contribution in [1.82, 2.24) is 4.90 Å². The lowest BCUT2D eigenvalue weighted by Gasteiger charge is -2.18. The van der Waals surface area contributed by atoms with Crippen molar-refractivity contribution in [2.75, 3.05) is 13.1 Å². The normalized spacial score (nSPS) is 25.1. The first-order chi connectivity index (χ1) is 7.72. The number of likely N-dealkylation sites (tertiary alicyclic amines) is 1. The molecule has 0 bridgehead atoms. The quantitative estimate of drug-likeness (QED) is 0.758. The molecule has 1 heterocycles. The summed E-state index contributed by atoms with van der Waals surface area (Å²) in [7, 11) is 0. The van der Waals surface area contributed by atoms with Gasteiger partial charge in [-0.3, -0.25) is 4.90 Å². The molecule has 1 N–H and O–H groups in total. The molecule has 84 valence electrons. The Bertz CT molecular complexity index is 404. The smallest absolute Gasteiger partial charge is 0.139 e. The molecule has 1 aliphatic heterocycles. The highest BCUT2D eigenvalue weighted by molar-refractivity contribution is 5.18. The average Bonchev–Trinajstić information content (AvgIpc) is 2.62. The summed E-state index contributed by atoms with van der Waals surface area (Å²) in [4.78, 5) is 2.25. The summed E-state index contributed by atoms with van der Waals surface area (Å²) >= 11 is 0. The highest BCUT2D eigenvalue weighted by atomic mass is 16.3. The maximum atomic E-state index is 10.1. The van der Waals surface area contributed by atoms with Gasteiger partial charge in [-0.05, 0) is 12.5 Å². The highest BCUT2D eigenvalue weighted by Gasteiger charge is 2.33. The third kappa shape index (κ3) is 2.63. The summed E-state index contributed by atoms with van der Waals surface area (Å²) in [6.07, 6.45) is 0.751. The van der Waals surface area contributed by atoms with Gasteiger partial charge in [0.15, 0.2) is 0 Å². The fraction of sp³-hybridized carbons (Fsp3) is 0.429. The Kier molecular flexibility index (Phi) is 3.28. The zero-order chi connectivity index (χ0) is 11.4. The van der Waals surface area contributed by atoms with Crippen LogP contribution in [0.2, 0.25) is 0 Å². The maximum absolute atomic E-state index is 10.1. The molecule has 1 fully saturated rings. The Balaban J connectivity index is 1.97. The molecular formula is C14H17NO. The Morgan fingerprint density at radius 1 is 1.38 bits per heavy atom. The summed E-state index contributed by atoms with van der Waals surface area (Å²) in [5, 5.41) is 10.1. The number of nitrogens with zero attached hydrogens (tertiary/aromatic N) is 1. The Morgan fingerprint density at radius 2 is 2.12 bits per heavy atom. The van der Waals surface area contributed by atoms with E-state index in [1.165, 1.54) is 5.56 Å². The number of rotatable bonds is 2. The summed E-state index contributed by atoms with van der Waals surface area (Å²) in [6.45, 7) is 4.25. The number of benzene rings is 1. The van der Waals surface area contributed by atoms with Crippen molar-refractivity contribution in [3.8, 4) is 11.8 Å². The molecule has 0 amide bonds. The zero-order valence-electron chi connectivity index (χ0n) is 9.61.